The zero-order valence-corrected chi connectivity index (χ0v) is 23.5. The Morgan fingerprint density at radius 2 is 1.78 bits per heavy atom. The highest BCUT2D eigenvalue weighted by molar-refractivity contribution is 7.88. The number of hydrazine groups is 1. The second-order valence-electron chi connectivity index (χ2n) is 10.4. The molecular formula is C27H43N3O6S. The van der Waals surface area contributed by atoms with Crippen LogP contribution in [0.3, 0.4) is 0 Å². The van der Waals surface area contributed by atoms with Crippen molar-refractivity contribution in [2.75, 3.05) is 19.4 Å². The monoisotopic (exact) mass is 537 g/mol. The van der Waals surface area contributed by atoms with Crippen LogP contribution in [0.4, 0.5) is 0 Å². The van der Waals surface area contributed by atoms with Crippen LogP contribution < -0.4 is 10.9 Å². The van der Waals surface area contributed by atoms with Crippen molar-refractivity contribution in [1.82, 2.24) is 15.3 Å². The molecule has 1 aliphatic rings. The van der Waals surface area contributed by atoms with Crippen LogP contribution in [0.1, 0.15) is 65.4 Å². The zero-order valence-electron chi connectivity index (χ0n) is 22.7. The second-order valence-corrected chi connectivity index (χ2v) is 12.3. The Balaban J connectivity index is 2.28. The Hall–Kier alpha value is -2.27. The van der Waals surface area contributed by atoms with Crippen molar-refractivity contribution in [2.24, 2.45) is 23.7 Å². The van der Waals surface area contributed by atoms with Crippen molar-refractivity contribution in [3.63, 3.8) is 0 Å². The number of rotatable bonds is 14. The molecule has 0 aliphatic carbocycles. The molecule has 1 saturated heterocycles. The van der Waals surface area contributed by atoms with Crippen molar-refractivity contribution in [1.29, 1.82) is 0 Å². The van der Waals surface area contributed by atoms with Gasteiger partial charge in [-0.1, -0.05) is 70.2 Å². The van der Waals surface area contributed by atoms with Gasteiger partial charge in [-0.2, -0.15) is 0 Å². The first-order valence-corrected chi connectivity index (χ1v) is 14.9. The quantitative estimate of drug-likeness (QED) is 0.348. The summed E-state index contributed by atoms with van der Waals surface area (Å²) in [7, 11) is -3.70. The summed E-state index contributed by atoms with van der Waals surface area (Å²) in [5, 5.41) is 0. The highest BCUT2D eigenvalue weighted by atomic mass is 32.2. The molecule has 0 saturated carbocycles. The number of ether oxygens (including phenoxy) is 1. The van der Waals surface area contributed by atoms with Gasteiger partial charge in [0.15, 0.2) is 6.29 Å². The van der Waals surface area contributed by atoms with Crippen LogP contribution >= 0.6 is 0 Å². The maximum Gasteiger partial charge on any atom is 0.247 e. The van der Waals surface area contributed by atoms with Gasteiger partial charge in [0.25, 0.3) is 0 Å². The van der Waals surface area contributed by atoms with E-state index in [1.165, 1.54) is 0 Å². The van der Waals surface area contributed by atoms with Gasteiger partial charge in [-0.25, -0.2) is 18.7 Å². The summed E-state index contributed by atoms with van der Waals surface area (Å²) in [6.07, 6.45) is 7.51. The molecule has 0 spiro atoms. The fraction of sp³-hybridized carbons (Fsp3) is 0.630. The molecule has 37 heavy (non-hydrogen) atoms. The first kappa shape index (κ1) is 31.0. The fourth-order valence-corrected chi connectivity index (χ4v) is 4.96. The first-order chi connectivity index (χ1) is 17.5. The highest BCUT2D eigenvalue weighted by Gasteiger charge is 2.36. The number of carbonyl (C=O) groups is 2. The number of sulfonamides is 1. The third-order valence-electron chi connectivity index (χ3n) is 5.98. The van der Waals surface area contributed by atoms with Gasteiger partial charge in [-0.15, -0.1) is 4.41 Å². The molecule has 9 nitrogen and oxygen atoms in total. The van der Waals surface area contributed by atoms with Crippen LogP contribution in [0.2, 0.25) is 0 Å². The number of hydrogen-bond acceptors (Lipinski definition) is 6. The highest BCUT2D eigenvalue weighted by Crippen LogP contribution is 2.26. The summed E-state index contributed by atoms with van der Waals surface area (Å²) < 4.78 is 31.2. The topological polar surface area (TPSA) is 114 Å². The summed E-state index contributed by atoms with van der Waals surface area (Å²) in [4.78, 5) is 32.4. The van der Waals surface area contributed by atoms with E-state index in [0.717, 1.165) is 29.1 Å². The molecule has 1 unspecified atom stereocenters. The van der Waals surface area contributed by atoms with Crippen LogP contribution in [0.5, 0.6) is 0 Å². The van der Waals surface area contributed by atoms with Crippen molar-refractivity contribution in [3.8, 4) is 0 Å². The van der Waals surface area contributed by atoms with E-state index in [1.807, 2.05) is 70.2 Å². The van der Waals surface area contributed by atoms with Gasteiger partial charge in [-0.05, 0) is 43.1 Å². The summed E-state index contributed by atoms with van der Waals surface area (Å²) in [5.74, 6) is -2.44. The van der Waals surface area contributed by atoms with Crippen molar-refractivity contribution < 1.29 is 27.6 Å². The van der Waals surface area contributed by atoms with E-state index in [2.05, 4.69) is 10.9 Å². The minimum Gasteiger partial charge on any atom is -0.350 e. The fourth-order valence-electron chi connectivity index (χ4n) is 4.14. The molecule has 2 amide bonds. The van der Waals surface area contributed by atoms with Gasteiger partial charge in [0.1, 0.15) is 0 Å². The number of hydrogen-bond donors (Lipinski definition) is 2. The Bertz CT molecular complexity index is 975. The molecule has 2 N–H and O–H groups in total. The second kappa shape index (κ2) is 15.2. The lowest BCUT2D eigenvalue weighted by atomic mass is 9.82. The number of nitrogens with zero attached hydrogens (tertiary/aromatic N) is 1. The number of hydroxylamine groups is 1. The number of carbonyl (C=O) groups excluding carboxylic acids is 2. The van der Waals surface area contributed by atoms with Crippen LogP contribution in [0, 0.1) is 23.7 Å². The molecule has 1 heterocycles. The predicted octanol–water partition coefficient (Wildman–Crippen LogP) is 3.89. The van der Waals surface area contributed by atoms with E-state index in [4.69, 9.17) is 9.57 Å². The normalized spacial score (nSPS) is 18.3. The minimum atomic E-state index is -3.70. The maximum absolute atomic E-state index is 13.5. The van der Waals surface area contributed by atoms with Crippen LogP contribution in [-0.4, -0.2) is 50.3 Å². The third-order valence-corrected chi connectivity index (χ3v) is 7.02. The van der Waals surface area contributed by atoms with Crippen LogP contribution in [-0.2, 0) is 29.2 Å². The van der Waals surface area contributed by atoms with Crippen molar-refractivity contribution in [2.45, 2.75) is 66.1 Å². The molecular weight excluding hydrogens is 494 g/mol. The lowest BCUT2D eigenvalue weighted by Gasteiger charge is -2.30. The summed E-state index contributed by atoms with van der Waals surface area (Å²) >= 11 is 0. The minimum absolute atomic E-state index is 0.00429. The summed E-state index contributed by atoms with van der Waals surface area (Å²) in [6.45, 7) is 8.36. The number of nitrogens with one attached hydrogen (secondary N) is 2. The van der Waals surface area contributed by atoms with E-state index in [-0.39, 0.29) is 24.8 Å². The molecule has 208 valence electrons. The largest absolute Gasteiger partial charge is 0.350 e. The van der Waals surface area contributed by atoms with Gasteiger partial charge in [-0.3, -0.25) is 15.0 Å². The van der Waals surface area contributed by atoms with Gasteiger partial charge in [0.05, 0.1) is 18.1 Å². The number of allylic oxidation sites excluding steroid dienone is 1. The summed E-state index contributed by atoms with van der Waals surface area (Å²) in [6, 6.07) is 9.66. The molecule has 1 aromatic rings. The molecule has 10 heteroatoms. The third kappa shape index (κ3) is 11.3. The van der Waals surface area contributed by atoms with Crippen LogP contribution in [0.15, 0.2) is 36.4 Å². The zero-order chi connectivity index (χ0) is 27.4. The Labute approximate surface area is 221 Å². The lowest BCUT2D eigenvalue weighted by molar-refractivity contribution is -0.203. The van der Waals surface area contributed by atoms with Gasteiger partial charge >= 0.3 is 0 Å². The van der Waals surface area contributed by atoms with Gasteiger partial charge in [0.2, 0.25) is 21.8 Å². The number of amides is 2. The SMILES string of the molecule is CC(C)C[C@@H](C(=O)NN(CC(C)C)S(C)(=O)=O)[C@H](C/C=C\c1ccccc1)C(=O)NOC1CCCCO1. The molecule has 0 aromatic heterocycles. The van der Waals surface area contributed by atoms with Gasteiger partial charge < -0.3 is 4.74 Å². The van der Waals surface area contributed by atoms with Gasteiger partial charge in [0, 0.05) is 19.6 Å². The molecule has 1 fully saturated rings. The van der Waals surface area contributed by atoms with Crippen LogP contribution in [0.25, 0.3) is 6.08 Å². The Kier molecular flexibility index (Phi) is 12.7. The smallest absolute Gasteiger partial charge is 0.247 e. The van der Waals surface area contributed by atoms with E-state index >= 15 is 0 Å². The number of benzene rings is 1. The average molecular weight is 538 g/mol. The first-order valence-electron chi connectivity index (χ1n) is 13.0. The predicted molar refractivity (Wildman–Crippen MR) is 144 cm³/mol. The van der Waals surface area contributed by atoms with E-state index < -0.39 is 40.0 Å². The molecule has 0 bridgehead atoms. The molecule has 1 aromatic carbocycles. The molecule has 3 atom stereocenters. The lowest BCUT2D eigenvalue weighted by Crippen LogP contribution is -2.52. The Morgan fingerprint density at radius 3 is 2.35 bits per heavy atom. The van der Waals surface area contributed by atoms with Crippen molar-refractivity contribution >= 4 is 27.9 Å². The Morgan fingerprint density at radius 1 is 1.08 bits per heavy atom. The maximum atomic E-state index is 13.5. The standard InChI is InChI=1S/C27H43N3O6S/c1-20(2)18-24(26(31)28-30(19-21(3)4)37(5,33)34)23(15-11-14-22-12-7-6-8-13-22)27(32)29-36-25-16-9-10-17-35-25/h6-8,11-14,20-21,23-25H,9-10,15-19H2,1-5H3,(H,28,31)(H,29,32)/b14-11-/t23-,24+,25?/m0/s1. The van der Waals surface area contributed by atoms with Crippen molar-refractivity contribution in [3.05, 3.63) is 42.0 Å². The molecule has 0 radical (unpaired) electrons. The van der Waals surface area contributed by atoms with E-state index in [0.29, 0.717) is 19.4 Å². The van der Waals surface area contributed by atoms with E-state index in [9.17, 15) is 18.0 Å². The van der Waals surface area contributed by atoms with E-state index in [1.54, 1.807) is 0 Å². The average Bonchev–Trinajstić information content (AvgIpc) is 2.84. The summed E-state index contributed by atoms with van der Waals surface area (Å²) in [5.41, 5.74) is 6.07. The molecule has 2 rings (SSSR count). The molecule has 1 aliphatic heterocycles.